The summed E-state index contributed by atoms with van der Waals surface area (Å²) in [7, 11) is 0. The van der Waals surface area contributed by atoms with Gasteiger partial charge in [0, 0.05) is 11.6 Å². The summed E-state index contributed by atoms with van der Waals surface area (Å²) in [5.41, 5.74) is 0.208. The van der Waals surface area contributed by atoms with Gasteiger partial charge in [0.05, 0.1) is 0 Å². The van der Waals surface area contributed by atoms with Crippen molar-refractivity contribution in [3.05, 3.63) is 34.9 Å². The molecule has 1 aliphatic carbocycles. The fraction of sp³-hybridized carbons (Fsp3) is 0.500. The van der Waals surface area contributed by atoms with Gasteiger partial charge in [0.25, 0.3) is 5.91 Å². The maximum Gasteiger partial charge on any atom is 0.325 e. The highest BCUT2D eigenvalue weighted by molar-refractivity contribution is 6.31. The number of rotatable bonds is 2. The Morgan fingerprint density at radius 1 is 1.10 bits per heavy atom. The van der Waals surface area contributed by atoms with Crippen LogP contribution >= 0.6 is 11.6 Å². The van der Waals surface area contributed by atoms with Gasteiger partial charge in [0.1, 0.15) is 5.54 Å². The standard InChI is InChI=1S/C16H19ClN2O2/c17-13-8-4-3-7-12(13)11-19-15(21)18-14(20)16(19)9-5-1-2-6-10-16/h3-4,7-8H,1-2,5-6,9-11H2,(H,18,20,21). The van der Waals surface area contributed by atoms with Gasteiger partial charge in [-0.2, -0.15) is 0 Å². The SMILES string of the molecule is O=C1NC(=O)C2(CCCCCC2)N1Cc1ccccc1Cl. The van der Waals surface area contributed by atoms with E-state index in [2.05, 4.69) is 5.32 Å². The molecule has 1 saturated heterocycles. The topological polar surface area (TPSA) is 49.4 Å². The van der Waals surface area contributed by atoms with Crippen molar-refractivity contribution in [2.75, 3.05) is 0 Å². The molecule has 3 rings (SSSR count). The van der Waals surface area contributed by atoms with Crippen molar-refractivity contribution in [1.29, 1.82) is 0 Å². The minimum atomic E-state index is -0.674. The Kier molecular flexibility index (Phi) is 3.89. The summed E-state index contributed by atoms with van der Waals surface area (Å²) in [5.74, 6) is -0.138. The molecule has 5 heteroatoms. The van der Waals surface area contributed by atoms with E-state index in [1.165, 1.54) is 0 Å². The van der Waals surface area contributed by atoms with E-state index in [0.29, 0.717) is 11.6 Å². The number of amides is 3. The zero-order valence-corrected chi connectivity index (χ0v) is 12.7. The number of carbonyl (C=O) groups is 2. The third kappa shape index (κ3) is 2.53. The minimum absolute atomic E-state index is 0.138. The number of nitrogens with zero attached hydrogens (tertiary/aromatic N) is 1. The molecule has 0 atom stereocenters. The fourth-order valence-corrected chi connectivity index (χ4v) is 3.62. The predicted molar refractivity (Wildman–Crippen MR) is 81.0 cm³/mol. The Morgan fingerprint density at radius 3 is 2.43 bits per heavy atom. The number of hydrogen-bond acceptors (Lipinski definition) is 2. The quantitative estimate of drug-likeness (QED) is 0.850. The molecule has 21 heavy (non-hydrogen) atoms. The van der Waals surface area contributed by atoms with E-state index in [0.717, 1.165) is 44.1 Å². The molecule has 1 N–H and O–H groups in total. The van der Waals surface area contributed by atoms with Crippen LogP contribution in [0.15, 0.2) is 24.3 Å². The lowest BCUT2D eigenvalue weighted by Gasteiger charge is -2.34. The maximum atomic E-state index is 12.4. The number of carbonyl (C=O) groups excluding carboxylic acids is 2. The van der Waals surface area contributed by atoms with Crippen molar-refractivity contribution >= 4 is 23.5 Å². The Balaban J connectivity index is 1.92. The predicted octanol–water partition coefficient (Wildman–Crippen LogP) is 3.48. The molecular weight excluding hydrogens is 288 g/mol. The van der Waals surface area contributed by atoms with Crippen LogP contribution in [0.2, 0.25) is 5.02 Å². The molecule has 4 nitrogen and oxygen atoms in total. The van der Waals surface area contributed by atoms with Crippen LogP contribution in [-0.4, -0.2) is 22.4 Å². The van der Waals surface area contributed by atoms with Gasteiger partial charge in [0.2, 0.25) is 0 Å². The summed E-state index contributed by atoms with van der Waals surface area (Å²) < 4.78 is 0. The molecule has 1 heterocycles. The Bertz CT molecular complexity index is 565. The lowest BCUT2D eigenvalue weighted by Crippen LogP contribution is -2.48. The summed E-state index contributed by atoms with van der Waals surface area (Å²) >= 11 is 6.20. The van der Waals surface area contributed by atoms with Gasteiger partial charge < -0.3 is 4.90 Å². The first-order chi connectivity index (χ1) is 10.1. The molecule has 1 aliphatic heterocycles. The third-order valence-corrected chi connectivity index (χ3v) is 4.99. The zero-order chi connectivity index (χ0) is 14.9. The summed E-state index contributed by atoms with van der Waals surface area (Å²) in [6.45, 7) is 0.386. The lowest BCUT2D eigenvalue weighted by atomic mass is 9.88. The van der Waals surface area contributed by atoms with Crippen molar-refractivity contribution in [2.24, 2.45) is 0 Å². The molecule has 0 bridgehead atoms. The molecule has 1 spiro atoms. The van der Waals surface area contributed by atoms with Crippen molar-refractivity contribution in [2.45, 2.75) is 50.6 Å². The Hall–Kier alpha value is -1.55. The minimum Gasteiger partial charge on any atom is -0.305 e. The van der Waals surface area contributed by atoms with Crippen molar-refractivity contribution in [3.63, 3.8) is 0 Å². The van der Waals surface area contributed by atoms with Crippen molar-refractivity contribution < 1.29 is 9.59 Å². The van der Waals surface area contributed by atoms with Crippen LogP contribution in [0.1, 0.15) is 44.1 Å². The van der Waals surface area contributed by atoms with Crippen LogP contribution in [0, 0.1) is 0 Å². The number of urea groups is 1. The first kappa shape index (κ1) is 14.4. The van der Waals surface area contributed by atoms with Gasteiger partial charge in [-0.25, -0.2) is 4.79 Å². The van der Waals surface area contributed by atoms with E-state index in [4.69, 9.17) is 11.6 Å². The number of halogens is 1. The van der Waals surface area contributed by atoms with Gasteiger partial charge in [-0.05, 0) is 24.5 Å². The lowest BCUT2D eigenvalue weighted by molar-refractivity contribution is -0.127. The van der Waals surface area contributed by atoms with E-state index in [1.807, 2.05) is 24.3 Å². The number of imide groups is 1. The van der Waals surface area contributed by atoms with Gasteiger partial charge in [0.15, 0.2) is 0 Å². The third-order valence-electron chi connectivity index (χ3n) is 4.62. The second kappa shape index (κ2) is 5.68. The normalized spacial score (nSPS) is 21.5. The monoisotopic (exact) mass is 306 g/mol. The summed E-state index contributed by atoms with van der Waals surface area (Å²) in [5, 5.41) is 3.13. The second-order valence-electron chi connectivity index (χ2n) is 5.88. The van der Waals surface area contributed by atoms with E-state index in [1.54, 1.807) is 4.90 Å². The molecule has 2 aliphatic rings. The molecule has 3 amide bonds. The molecule has 1 aromatic rings. The summed E-state index contributed by atoms with van der Waals surface area (Å²) in [6.07, 6.45) is 5.72. The van der Waals surface area contributed by atoms with Crippen LogP contribution < -0.4 is 5.32 Å². The molecular formula is C16H19ClN2O2. The summed E-state index contributed by atoms with van der Waals surface area (Å²) in [6, 6.07) is 7.19. The van der Waals surface area contributed by atoms with Gasteiger partial charge in [-0.3, -0.25) is 10.1 Å². The average Bonchev–Trinajstić information content (AvgIpc) is 2.65. The van der Waals surface area contributed by atoms with Gasteiger partial charge >= 0.3 is 6.03 Å². The molecule has 2 fully saturated rings. The van der Waals surface area contributed by atoms with E-state index in [-0.39, 0.29) is 11.9 Å². The van der Waals surface area contributed by atoms with Gasteiger partial charge in [-0.1, -0.05) is 55.5 Å². The molecule has 1 saturated carbocycles. The highest BCUT2D eigenvalue weighted by Crippen LogP contribution is 2.37. The highest BCUT2D eigenvalue weighted by atomic mass is 35.5. The number of nitrogens with one attached hydrogen (secondary N) is 1. The zero-order valence-electron chi connectivity index (χ0n) is 11.9. The first-order valence-electron chi connectivity index (χ1n) is 7.50. The molecule has 0 aromatic heterocycles. The van der Waals surface area contributed by atoms with Gasteiger partial charge in [-0.15, -0.1) is 0 Å². The molecule has 0 unspecified atom stereocenters. The van der Waals surface area contributed by atoms with Crippen LogP contribution in [0.5, 0.6) is 0 Å². The Labute approximate surface area is 129 Å². The number of benzene rings is 1. The molecule has 112 valence electrons. The molecule has 0 radical (unpaired) electrons. The van der Waals surface area contributed by atoms with E-state index in [9.17, 15) is 9.59 Å². The Morgan fingerprint density at radius 2 is 1.76 bits per heavy atom. The maximum absolute atomic E-state index is 12.4. The first-order valence-corrected chi connectivity index (χ1v) is 7.88. The average molecular weight is 307 g/mol. The van der Waals surface area contributed by atoms with Crippen LogP contribution in [0.25, 0.3) is 0 Å². The smallest absolute Gasteiger partial charge is 0.305 e. The largest absolute Gasteiger partial charge is 0.325 e. The van der Waals surface area contributed by atoms with Crippen molar-refractivity contribution in [3.8, 4) is 0 Å². The van der Waals surface area contributed by atoms with Crippen molar-refractivity contribution in [1.82, 2.24) is 10.2 Å². The second-order valence-corrected chi connectivity index (χ2v) is 6.29. The fourth-order valence-electron chi connectivity index (χ4n) is 3.43. The van der Waals surface area contributed by atoms with Crippen LogP contribution in [0.4, 0.5) is 4.79 Å². The highest BCUT2D eigenvalue weighted by Gasteiger charge is 2.52. The number of hydrogen-bond donors (Lipinski definition) is 1. The molecule has 1 aromatic carbocycles. The van der Waals surface area contributed by atoms with E-state index < -0.39 is 5.54 Å². The summed E-state index contributed by atoms with van der Waals surface area (Å²) in [4.78, 5) is 26.3. The van der Waals surface area contributed by atoms with Crippen LogP contribution in [-0.2, 0) is 11.3 Å². The van der Waals surface area contributed by atoms with Crippen LogP contribution in [0.3, 0.4) is 0 Å². The van der Waals surface area contributed by atoms with E-state index >= 15 is 0 Å².